The quantitative estimate of drug-likeness (QED) is 0.936. The number of rotatable bonds is 4. The van der Waals surface area contributed by atoms with Gasteiger partial charge in [0.2, 0.25) is 0 Å². The minimum Gasteiger partial charge on any atom is -0.307 e. The van der Waals surface area contributed by atoms with Gasteiger partial charge in [-0.25, -0.2) is 0 Å². The number of aromatic nitrogens is 2. The smallest absolute Gasteiger partial charge is 0.139 e. The highest BCUT2D eigenvalue weighted by molar-refractivity contribution is 7.11. The van der Waals surface area contributed by atoms with Crippen LogP contribution in [-0.2, 0) is 0 Å². The lowest BCUT2D eigenvalue weighted by atomic mass is 10.1. The average molecular weight is 285 g/mol. The lowest BCUT2D eigenvalue weighted by Crippen LogP contribution is -2.17. The number of hydrogen-bond acceptors (Lipinski definition) is 4. The number of hydrogen-bond donors (Lipinski definition) is 1. The topological polar surface area (TPSA) is 37.8 Å². The van der Waals surface area contributed by atoms with Crippen LogP contribution in [0, 0.1) is 11.8 Å². The fourth-order valence-electron chi connectivity index (χ4n) is 3.52. The van der Waals surface area contributed by atoms with Gasteiger partial charge in [0, 0.05) is 5.92 Å². The van der Waals surface area contributed by atoms with Gasteiger partial charge in [0.1, 0.15) is 10.0 Å². The Labute approximate surface area is 123 Å². The molecule has 1 aromatic heterocycles. The Hall–Kier alpha value is -1.26. The van der Waals surface area contributed by atoms with Crippen molar-refractivity contribution < 1.29 is 0 Å². The summed E-state index contributed by atoms with van der Waals surface area (Å²) in [6, 6.07) is 10.7. The van der Waals surface area contributed by atoms with Crippen LogP contribution in [0.1, 0.15) is 46.8 Å². The third kappa shape index (κ3) is 2.17. The van der Waals surface area contributed by atoms with E-state index >= 15 is 0 Å². The molecule has 1 aromatic carbocycles. The predicted octanol–water partition coefficient (Wildman–Crippen LogP) is 3.36. The first-order valence-corrected chi connectivity index (χ1v) is 8.22. The van der Waals surface area contributed by atoms with Gasteiger partial charge in [-0.05, 0) is 43.7 Å². The summed E-state index contributed by atoms with van der Waals surface area (Å²) in [6.07, 6.45) is 4.15. The van der Waals surface area contributed by atoms with Crippen molar-refractivity contribution in [2.24, 2.45) is 11.8 Å². The molecule has 3 unspecified atom stereocenters. The number of nitrogens with zero attached hydrogens (tertiary/aromatic N) is 2. The Morgan fingerprint density at radius 3 is 2.55 bits per heavy atom. The van der Waals surface area contributed by atoms with Gasteiger partial charge in [-0.15, -0.1) is 10.2 Å². The molecule has 1 heterocycles. The van der Waals surface area contributed by atoms with Crippen LogP contribution < -0.4 is 5.32 Å². The molecule has 0 spiro atoms. The van der Waals surface area contributed by atoms with Crippen LogP contribution in [0.3, 0.4) is 0 Å². The molecule has 104 valence electrons. The number of fused-ring (bicyclic) bond motifs is 1. The van der Waals surface area contributed by atoms with E-state index in [2.05, 4.69) is 39.8 Å². The molecule has 4 heteroatoms. The molecule has 0 aliphatic heterocycles. The van der Waals surface area contributed by atoms with Crippen molar-refractivity contribution in [3.8, 4) is 0 Å². The zero-order valence-electron chi connectivity index (χ0n) is 11.6. The zero-order valence-corrected chi connectivity index (χ0v) is 12.4. The highest BCUT2D eigenvalue weighted by Gasteiger charge is 2.47. The summed E-state index contributed by atoms with van der Waals surface area (Å²) in [5.74, 6) is 2.68. The standard InChI is InChI=1S/C16H19N3S/c1-17-14(10-5-3-2-4-6-10)16-19-18-15(20-16)13-8-11-7-12(11)9-13/h2-6,11-14,17H,7-9H2,1H3. The molecule has 3 atom stereocenters. The van der Waals surface area contributed by atoms with Crippen LogP contribution in [-0.4, -0.2) is 17.2 Å². The van der Waals surface area contributed by atoms with Gasteiger partial charge in [0.05, 0.1) is 6.04 Å². The van der Waals surface area contributed by atoms with Crippen molar-refractivity contribution in [3.63, 3.8) is 0 Å². The second-order valence-electron chi connectivity index (χ2n) is 6.04. The van der Waals surface area contributed by atoms with E-state index in [0.717, 1.165) is 16.8 Å². The third-order valence-electron chi connectivity index (χ3n) is 4.72. The van der Waals surface area contributed by atoms with Gasteiger partial charge in [-0.2, -0.15) is 0 Å². The van der Waals surface area contributed by atoms with Crippen LogP contribution in [0.4, 0.5) is 0 Å². The van der Waals surface area contributed by atoms with Crippen molar-refractivity contribution in [3.05, 3.63) is 45.9 Å². The Kier molecular flexibility index (Phi) is 3.08. The summed E-state index contributed by atoms with van der Waals surface area (Å²) in [7, 11) is 1.99. The summed E-state index contributed by atoms with van der Waals surface area (Å²) in [6.45, 7) is 0. The second kappa shape index (κ2) is 4.93. The van der Waals surface area contributed by atoms with Crippen LogP contribution in [0.5, 0.6) is 0 Å². The SMILES string of the molecule is CNC(c1ccccc1)c1nnc(C2CC3CC3C2)s1. The number of benzene rings is 1. The molecule has 0 saturated heterocycles. The summed E-state index contributed by atoms with van der Waals surface area (Å²) in [5.41, 5.74) is 1.26. The Morgan fingerprint density at radius 2 is 1.85 bits per heavy atom. The van der Waals surface area contributed by atoms with Gasteiger partial charge in [-0.3, -0.25) is 0 Å². The van der Waals surface area contributed by atoms with E-state index in [1.807, 2.05) is 13.1 Å². The van der Waals surface area contributed by atoms with Gasteiger partial charge in [0.25, 0.3) is 0 Å². The van der Waals surface area contributed by atoms with Crippen molar-refractivity contribution in [1.29, 1.82) is 0 Å². The summed E-state index contributed by atoms with van der Waals surface area (Å²) in [4.78, 5) is 0. The Bertz CT molecular complexity index is 585. The minimum absolute atomic E-state index is 0.165. The van der Waals surface area contributed by atoms with Crippen LogP contribution >= 0.6 is 11.3 Å². The van der Waals surface area contributed by atoms with E-state index in [0.29, 0.717) is 5.92 Å². The average Bonchev–Trinajstić information content (AvgIpc) is 2.92. The van der Waals surface area contributed by atoms with Gasteiger partial charge in [-0.1, -0.05) is 41.7 Å². The Morgan fingerprint density at radius 1 is 1.10 bits per heavy atom. The van der Waals surface area contributed by atoms with Gasteiger partial charge >= 0.3 is 0 Å². The molecule has 20 heavy (non-hydrogen) atoms. The molecule has 3 nitrogen and oxygen atoms in total. The molecule has 2 aliphatic rings. The molecule has 1 N–H and O–H groups in total. The molecule has 2 aliphatic carbocycles. The van der Waals surface area contributed by atoms with E-state index in [1.54, 1.807) is 11.3 Å². The van der Waals surface area contributed by atoms with E-state index < -0.39 is 0 Å². The maximum Gasteiger partial charge on any atom is 0.139 e. The summed E-state index contributed by atoms with van der Waals surface area (Å²) >= 11 is 1.80. The maximum atomic E-state index is 4.48. The first kappa shape index (κ1) is 12.5. The normalized spacial score (nSPS) is 29.1. The predicted molar refractivity (Wildman–Crippen MR) is 80.8 cm³/mol. The fraction of sp³-hybridized carbons (Fsp3) is 0.500. The van der Waals surface area contributed by atoms with Crippen LogP contribution in [0.15, 0.2) is 30.3 Å². The molecule has 2 fully saturated rings. The lowest BCUT2D eigenvalue weighted by molar-refractivity contribution is 0.612. The minimum atomic E-state index is 0.165. The summed E-state index contributed by atoms with van der Waals surface area (Å²) in [5, 5.41) is 14.6. The van der Waals surface area contributed by atoms with Crippen molar-refractivity contribution in [1.82, 2.24) is 15.5 Å². The van der Waals surface area contributed by atoms with Crippen molar-refractivity contribution in [2.75, 3.05) is 7.05 Å². The Balaban J connectivity index is 1.57. The van der Waals surface area contributed by atoms with Gasteiger partial charge in [0.15, 0.2) is 0 Å². The van der Waals surface area contributed by atoms with Gasteiger partial charge < -0.3 is 5.32 Å². The molecule has 0 amide bonds. The van der Waals surface area contributed by atoms with E-state index in [9.17, 15) is 0 Å². The highest BCUT2D eigenvalue weighted by atomic mass is 32.1. The molecular weight excluding hydrogens is 266 g/mol. The van der Waals surface area contributed by atoms with E-state index in [4.69, 9.17) is 0 Å². The molecule has 4 rings (SSSR count). The van der Waals surface area contributed by atoms with Crippen LogP contribution in [0.2, 0.25) is 0 Å². The van der Waals surface area contributed by atoms with Crippen LogP contribution in [0.25, 0.3) is 0 Å². The largest absolute Gasteiger partial charge is 0.307 e. The van der Waals surface area contributed by atoms with E-state index in [1.165, 1.54) is 29.8 Å². The highest BCUT2D eigenvalue weighted by Crippen LogP contribution is 2.57. The van der Waals surface area contributed by atoms with Crippen molar-refractivity contribution >= 4 is 11.3 Å². The first-order valence-electron chi connectivity index (χ1n) is 7.40. The monoisotopic (exact) mass is 285 g/mol. The van der Waals surface area contributed by atoms with Crippen molar-refractivity contribution in [2.45, 2.75) is 31.2 Å². The number of nitrogens with one attached hydrogen (secondary N) is 1. The third-order valence-corrected chi connectivity index (χ3v) is 5.87. The lowest BCUT2D eigenvalue weighted by Gasteiger charge is -2.13. The molecule has 2 aromatic rings. The molecule has 0 bridgehead atoms. The maximum absolute atomic E-state index is 4.48. The van der Waals surface area contributed by atoms with E-state index in [-0.39, 0.29) is 6.04 Å². The summed E-state index contributed by atoms with van der Waals surface area (Å²) < 4.78 is 0. The molecular formula is C16H19N3S. The molecule has 0 radical (unpaired) electrons. The zero-order chi connectivity index (χ0) is 13.5. The second-order valence-corrected chi connectivity index (χ2v) is 7.08. The first-order chi connectivity index (χ1) is 9.85. The molecule has 2 saturated carbocycles. The fourth-order valence-corrected chi connectivity index (χ4v) is 4.63.